The molecule has 1 unspecified atom stereocenters. The zero-order chi connectivity index (χ0) is 26.1. The number of aromatic hydroxyl groups is 1. The van der Waals surface area contributed by atoms with Crippen LogP contribution in [0.15, 0.2) is 31.8 Å². The van der Waals surface area contributed by atoms with Gasteiger partial charge >= 0.3 is 11.5 Å². The Balaban J connectivity index is 1.51. The summed E-state index contributed by atoms with van der Waals surface area (Å²) < 4.78 is 1.19. The Morgan fingerprint density at radius 1 is 1.39 bits per heavy atom. The number of anilines is 1. The summed E-state index contributed by atoms with van der Waals surface area (Å²) in [5, 5.41) is 30.3. The Labute approximate surface area is 214 Å². The highest BCUT2D eigenvalue weighted by Gasteiger charge is 2.54. The van der Waals surface area contributed by atoms with Gasteiger partial charge in [-0.05, 0) is 5.57 Å². The van der Waals surface area contributed by atoms with E-state index in [1.165, 1.54) is 36.0 Å². The lowest BCUT2D eigenvalue weighted by molar-refractivity contribution is -0.150. The van der Waals surface area contributed by atoms with Crippen LogP contribution in [-0.2, 0) is 26.3 Å². The number of carboxylic acids is 1. The molecule has 2 aromatic heterocycles. The third kappa shape index (κ3) is 4.73. The number of nitrogens with one attached hydrogen (secondary N) is 1. The van der Waals surface area contributed by atoms with Gasteiger partial charge in [0.05, 0.1) is 0 Å². The molecule has 2 aliphatic heterocycles. The molecular formula is C18H18N8O7S3. The average molecular weight is 555 g/mol. The van der Waals surface area contributed by atoms with Crippen molar-refractivity contribution in [1.82, 2.24) is 30.0 Å². The predicted octanol–water partition coefficient (Wildman–Crippen LogP) is -1.20. The van der Waals surface area contributed by atoms with Crippen LogP contribution in [0.4, 0.5) is 5.13 Å². The van der Waals surface area contributed by atoms with Crippen LogP contribution in [0.2, 0.25) is 0 Å². The van der Waals surface area contributed by atoms with Gasteiger partial charge in [-0.3, -0.25) is 19.3 Å². The van der Waals surface area contributed by atoms with E-state index in [1.807, 2.05) is 0 Å². The van der Waals surface area contributed by atoms with Gasteiger partial charge in [0, 0.05) is 23.9 Å². The van der Waals surface area contributed by atoms with Crippen molar-refractivity contribution in [3.8, 4) is 5.88 Å². The number of amides is 2. The Morgan fingerprint density at radius 3 is 2.78 bits per heavy atom. The van der Waals surface area contributed by atoms with Crippen LogP contribution in [-0.4, -0.2) is 88.4 Å². The first-order valence-corrected chi connectivity index (χ1v) is 12.8. The quantitative estimate of drug-likeness (QED) is 0.131. The number of carbonyl (C=O) groups is 3. The first-order valence-electron chi connectivity index (χ1n) is 9.92. The number of carbonyl (C=O) groups excluding carboxylic acids is 2. The van der Waals surface area contributed by atoms with Gasteiger partial charge in [0.25, 0.3) is 17.7 Å². The molecule has 0 spiro atoms. The van der Waals surface area contributed by atoms with E-state index in [-0.39, 0.29) is 38.9 Å². The van der Waals surface area contributed by atoms with Crippen LogP contribution in [0.3, 0.4) is 0 Å². The maximum Gasteiger partial charge on any atom is 0.352 e. The standard InChI is InChI=1S/C18H18N8O7S3/c1-25-18(22-12(28)13(29)23-25)36-4-6-3-34-15-9(14(30)26(15)10(6)16(31)32)21-11(27)8(24-33-2)7-5-35-17(19)20-7/h5,9,15H,3-4H2,1-2H3,(H2,19,20)(H,21,27)(H,23,29)(H,31,32)/b24-8-/t9?,15-/m1/s1. The number of fused-ring (bicyclic) bond motifs is 1. The molecule has 2 aromatic rings. The number of aromatic nitrogens is 4. The summed E-state index contributed by atoms with van der Waals surface area (Å²) in [7, 11) is 2.72. The predicted molar refractivity (Wildman–Crippen MR) is 129 cm³/mol. The van der Waals surface area contributed by atoms with Crippen LogP contribution in [0.5, 0.6) is 5.88 Å². The van der Waals surface area contributed by atoms with Crippen LogP contribution in [0.25, 0.3) is 0 Å². The van der Waals surface area contributed by atoms with Gasteiger partial charge in [-0.15, -0.1) is 28.2 Å². The summed E-state index contributed by atoms with van der Waals surface area (Å²) in [5.74, 6) is -3.04. The first-order chi connectivity index (χ1) is 17.1. The van der Waals surface area contributed by atoms with Gasteiger partial charge in [0.1, 0.15) is 29.9 Å². The van der Waals surface area contributed by atoms with Gasteiger partial charge in [-0.2, -0.15) is 4.98 Å². The van der Waals surface area contributed by atoms with E-state index in [1.54, 1.807) is 0 Å². The van der Waals surface area contributed by atoms with Crippen molar-refractivity contribution in [2.45, 2.75) is 16.6 Å². The monoisotopic (exact) mass is 554 g/mol. The normalized spacial score (nSPS) is 19.6. The van der Waals surface area contributed by atoms with E-state index in [0.29, 0.717) is 5.57 Å². The fourth-order valence-corrected chi connectivity index (χ4v) is 6.35. The number of nitrogens with two attached hydrogens (primary N) is 1. The van der Waals surface area contributed by atoms with Gasteiger partial charge in [0.2, 0.25) is 0 Å². The number of aliphatic carboxylic acids is 1. The number of carboxylic acid groups (broad SMARTS) is 1. The van der Waals surface area contributed by atoms with Crippen molar-refractivity contribution in [3.05, 3.63) is 32.7 Å². The number of thiazole rings is 1. The largest absolute Gasteiger partial charge is 0.488 e. The fourth-order valence-electron chi connectivity index (χ4n) is 3.41. The minimum absolute atomic E-state index is 0.102. The van der Waals surface area contributed by atoms with Gasteiger partial charge in [-0.1, -0.05) is 16.9 Å². The van der Waals surface area contributed by atoms with Crippen molar-refractivity contribution in [1.29, 1.82) is 0 Å². The maximum atomic E-state index is 12.9. The van der Waals surface area contributed by atoms with Crippen LogP contribution in [0, 0.1) is 0 Å². The molecule has 190 valence electrons. The molecule has 0 bridgehead atoms. The molecule has 4 heterocycles. The molecule has 15 nitrogen and oxygen atoms in total. The summed E-state index contributed by atoms with van der Waals surface area (Å²) in [4.78, 5) is 62.9. The lowest BCUT2D eigenvalue weighted by Gasteiger charge is -2.49. The van der Waals surface area contributed by atoms with E-state index in [4.69, 9.17) is 10.6 Å². The Hall–Kier alpha value is -3.64. The molecule has 1 saturated heterocycles. The van der Waals surface area contributed by atoms with Crippen LogP contribution >= 0.6 is 34.9 Å². The molecular weight excluding hydrogens is 536 g/mol. The molecule has 1 fully saturated rings. The second kappa shape index (κ2) is 10.2. The lowest BCUT2D eigenvalue weighted by Crippen LogP contribution is -2.71. The number of β-lactam (4-membered cyclic amide) rings is 1. The summed E-state index contributed by atoms with van der Waals surface area (Å²) in [5.41, 5.74) is 4.94. The SMILES string of the molecule is CO/N=C(\C(=O)NC1C(=O)N2C(C(=O)O)=C(CSc3nc(=O)c(O)nn3C)CS[C@H]12)c1csc(N)n1. The number of nitrogens with zero attached hydrogens (tertiary/aromatic N) is 6. The van der Waals surface area contributed by atoms with Crippen LogP contribution < -0.4 is 16.6 Å². The highest BCUT2D eigenvalue weighted by atomic mass is 32.2. The molecule has 0 aromatic carbocycles. The minimum atomic E-state index is -1.31. The second-order valence-corrected chi connectivity index (χ2v) is 10.2. The summed E-state index contributed by atoms with van der Waals surface area (Å²) in [6.07, 6.45) is 0. The zero-order valence-corrected chi connectivity index (χ0v) is 21.0. The lowest BCUT2D eigenvalue weighted by atomic mass is 10.0. The molecule has 0 radical (unpaired) electrons. The Kier molecular flexibility index (Phi) is 7.18. The number of rotatable bonds is 8. The average Bonchev–Trinajstić information content (AvgIpc) is 3.27. The van der Waals surface area contributed by atoms with Gasteiger partial charge in [0.15, 0.2) is 16.0 Å². The van der Waals surface area contributed by atoms with Gasteiger partial charge < -0.3 is 26.1 Å². The first kappa shape index (κ1) is 25.5. The number of nitrogen functional groups attached to an aromatic ring is 1. The third-order valence-corrected chi connectivity index (χ3v) is 8.10. The van der Waals surface area contributed by atoms with Gasteiger partial charge in [-0.25, -0.2) is 14.5 Å². The molecule has 0 aliphatic carbocycles. The molecule has 36 heavy (non-hydrogen) atoms. The van der Waals surface area contributed by atoms with E-state index >= 15 is 0 Å². The van der Waals surface area contributed by atoms with E-state index < -0.39 is 40.6 Å². The molecule has 5 N–H and O–H groups in total. The molecule has 0 saturated carbocycles. The minimum Gasteiger partial charge on any atom is -0.488 e. The number of hydrogen-bond acceptors (Lipinski definition) is 14. The molecule has 2 aliphatic rings. The molecule has 2 amide bonds. The zero-order valence-electron chi connectivity index (χ0n) is 18.6. The van der Waals surface area contributed by atoms with E-state index in [2.05, 4.69) is 25.5 Å². The fraction of sp³-hybridized carbons (Fsp3) is 0.333. The highest BCUT2D eigenvalue weighted by Crippen LogP contribution is 2.41. The molecule has 4 rings (SSSR count). The Bertz CT molecular complexity index is 1370. The van der Waals surface area contributed by atoms with Crippen molar-refractivity contribution < 1.29 is 29.4 Å². The summed E-state index contributed by atoms with van der Waals surface area (Å²) in [6.45, 7) is 0. The molecule has 2 atom stereocenters. The van der Waals surface area contributed by atoms with E-state index in [0.717, 1.165) is 28.0 Å². The summed E-state index contributed by atoms with van der Waals surface area (Å²) >= 11 is 3.41. The van der Waals surface area contributed by atoms with Crippen molar-refractivity contribution in [2.75, 3.05) is 24.3 Å². The number of thioether (sulfide) groups is 2. The highest BCUT2D eigenvalue weighted by molar-refractivity contribution is 8.01. The summed E-state index contributed by atoms with van der Waals surface area (Å²) in [6, 6.07) is -0.993. The second-order valence-electron chi connectivity index (χ2n) is 7.25. The smallest absolute Gasteiger partial charge is 0.352 e. The number of oxime groups is 1. The maximum absolute atomic E-state index is 12.9. The molecule has 18 heteroatoms. The Morgan fingerprint density at radius 2 is 2.14 bits per heavy atom. The number of aryl methyl sites for hydroxylation is 1. The van der Waals surface area contributed by atoms with Crippen molar-refractivity contribution in [2.24, 2.45) is 12.2 Å². The van der Waals surface area contributed by atoms with Crippen LogP contribution in [0.1, 0.15) is 5.69 Å². The van der Waals surface area contributed by atoms with Crippen molar-refractivity contribution in [3.63, 3.8) is 0 Å². The third-order valence-electron chi connectivity index (χ3n) is 4.98. The number of hydrogen-bond donors (Lipinski definition) is 4. The van der Waals surface area contributed by atoms with E-state index in [9.17, 15) is 29.4 Å². The van der Waals surface area contributed by atoms with Crippen molar-refractivity contribution >= 4 is 63.5 Å². The topological polar surface area (TPSA) is 215 Å².